The third-order valence-corrected chi connectivity index (χ3v) is 4.67. The van der Waals surface area contributed by atoms with Gasteiger partial charge in [-0.1, -0.05) is 12.1 Å². The number of hydrogen-bond donors (Lipinski definition) is 1. The van der Waals surface area contributed by atoms with Gasteiger partial charge in [0.15, 0.2) is 0 Å². The molecule has 4 nitrogen and oxygen atoms in total. The molecule has 0 amide bonds. The summed E-state index contributed by atoms with van der Waals surface area (Å²) in [6, 6.07) is 8.55. The average molecular weight is 284 g/mol. The van der Waals surface area contributed by atoms with E-state index in [0.717, 1.165) is 35.0 Å². The normalized spacial score (nSPS) is 19.1. The highest BCUT2D eigenvalue weighted by atomic mass is 32.1. The monoisotopic (exact) mass is 284 g/mol. The number of imidazole rings is 1. The fourth-order valence-electron chi connectivity index (χ4n) is 2.94. The van der Waals surface area contributed by atoms with Gasteiger partial charge < -0.3 is 9.88 Å². The van der Waals surface area contributed by atoms with E-state index in [1.807, 2.05) is 18.2 Å². The highest BCUT2D eigenvalue weighted by molar-refractivity contribution is 7.09. The number of aromatic nitrogens is 3. The maximum atomic E-state index is 4.72. The van der Waals surface area contributed by atoms with Crippen molar-refractivity contribution in [2.24, 2.45) is 0 Å². The van der Waals surface area contributed by atoms with E-state index in [9.17, 15) is 0 Å². The molecular formula is C15H16N4S. The van der Waals surface area contributed by atoms with Crippen molar-refractivity contribution in [3.8, 4) is 0 Å². The van der Waals surface area contributed by atoms with Crippen LogP contribution in [0.25, 0.3) is 11.0 Å². The van der Waals surface area contributed by atoms with E-state index in [4.69, 9.17) is 4.98 Å². The molecule has 1 aromatic carbocycles. The molecule has 3 aromatic rings. The van der Waals surface area contributed by atoms with Gasteiger partial charge in [-0.2, -0.15) is 0 Å². The van der Waals surface area contributed by atoms with Crippen molar-refractivity contribution < 1.29 is 0 Å². The number of fused-ring (bicyclic) bond motifs is 1. The molecule has 0 radical (unpaired) electrons. The molecule has 1 saturated heterocycles. The molecule has 2 aromatic heterocycles. The van der Waals surface area contributed by atoms with Crippen LogP contribution in [0.15, 0.2) is 29.6 Å². The standard InChI is InChI=1S/C15H16N4S/c1-10-16-13(9-20-10)14-7-4-8-19(14)15-17-11-5-2-3-6-12(11)18-15/h2-3,5-6,9,14H,4,7-8H2,1H3,(H,17,18)/t14-/m0/s1. The fraction of sp³-hybridized carbons (Fsp3) is 0.333. The number of anilines is 1. The van der Waals surface area contributed by atoms with E-state index < -0.39 is 0 Å². The lowest BCUT2D eigenvalue weighted by molar-refractivity contribution is 0.687. The first-order chi connectivity index (χ1) is 9.81. The number of nitrogens with one attached hydrogen (secondary N) is 1. The van der Waals surface area contributed by atoms with Crippen LogP contribution in [0.5, 0.6) is 0 Å². The summed E-state index contributed by atoms with van der Waals surface area (Å²) in [5.74, 6) is 0.972. The van der Waals surface area contributed by atoms with Gasteiger partial charge in [0.25, 0.3) is 0 Å². The first-order valence-electron chi connectivity index (χ1n) is 6.95. The van der Waals surface area contributed by atoms with Gasteiger partial charge in [0.2, 0.25) is 5.95 Å². The smallest absolute Gasteiger partial charge is 0.204 e. The summed E-state index contributed by atoms with van der Waals surface area (Å²) in [6.07, 6.45) is 2.35. The van der Waals surface area contributed by atoms with Crippen molar-refractivity contribution in [3.05, 3.63) is 40.3 Å². The van der Waals surface area contributed by atoms with Gasteiger partial charge in [0, 0.05) is 11.9 Å². The largest absolute Gasteiger partial charge is 0.334 e. The lowest BCUT2D eigenvalue weighted by Crippen LogP contribution is -2.23. The third kappa shape index (κ3) is 1.89. The number of benzene rings is 1. The summed E-state index contributed by atoms with van der Waals surface area (Å²) < 4.78 is 0. The summed E-state index contributed by atoms with van der Waals surface area (Å²) in [7, 11) is 0. The van der Waals surface area contributed by atoms with Crippen LogP contribution in [0, 0.1) is 6.92 Å². The number of H-pyrrole nitrogens is 1. The molecule has 3 heterocycles. The number of aromatic amines is 1. The predicted octanol–water partition coefficient (Wildman–Crippen LogP) is 3.67. The SMILES string of the molecule is Cc1nc([C@@H]2CCCN2c2nc3ccccc3[nH]2)cs1. The zero-order valence-electron chi connectivity index (χ0n) is 11.3. The van der Waals surface area contributed by atoms with E-state index in [-0.39, 0.29) is 0 Å². The lowest BCUT2D eigenvalue weighted by Gasteiger charge is -2.22. The van der Waals surface area contributed by atoms with Gasteiger partial charge in [0.05, 0.1) is 27.8 Å². The van der Waals surface area contributed by atoms with E-state index in [1.54, 1.807) is 11.3 Å². The molecule has 4 rings (SSSR count). The molecular weight excluding hydrogens is 268 g/mol. The summed E-state index contributed by atoms with van der Waals surface area (Å²) in [5.41, 5.74) is 3.32. The van der Waals surface area contributed by atoms with Crippen LogP contribution in [0.1, 0.15) is 29.6 Å². The van der Waals surface area contributed by atoms with Crippen LogP contribution in [-0.2, 0) is 0 Å². The quantitative estimate of drug-likeness (QED) is 0.781. The second-order valence-corrected chi connectivity index (χ2v) is 6.28. The van der Waals surface area contributed by atoms with Gasteiger partial charge in [-0.05, 0) is 31.9 Å². The zero-order chi connectivity index (χ0) is 13.5. The first-order valence-corrected chi connectivity index (χ1v) is 7.82. The summed E-state index contributed by atoms with van der Waals surface area (Å²) >= 11 is 1.73. The van der Waals surface area contributed by atoms with Crippen molar-refractivity contribution in [1.82, 2.24) is 15.0 Å². The minimum atomic E-state index is 0.362. The van der Waals surface area contributed by atoms with Gasteiger partial charge in [0.1, 0.15) is 0 Å². The maximum absolute atomic E-state index is 4.72. The Kier molecular flexibility index (Phi) is 2.73. The molecule has 20 heavy (non-hydrogen) atoms. The summed E-state index contributed by atoms with van der Waals surface area (Å²) in [5, 5.41) is 3.32. The molecule has 0 saturated carbocycles. The van der Waals surface area contributed by atoms with Crippen molar-refractivity contribution in [2.45, 2.75) is 25.8 Å². The highest BCUT2D eigenvalue weighted by Gasteiger charge is 2.29. The molecule has 102 valence electrons. The van der Waals surface area contributed by atoms with E-state index >= 15 is 0 Å². The zero-order valence-corrected chi connectivity index (χ0v) is 12.2. The summed E-state index contributed by atoms with van der Waals surface area (Å²) in [4.78, 5) is 15.2. The lowest BCUT2D eigenvalue weighted by atomic mass is 10.2. The Morgan fingerprint density at radius 1 is 1.30 bits per heavy atom. The molecule has 1 fully saturated rings. The molecule has 1 aliphatic rings. The highest BCUT2D eigenvalue weighted by Crippen LogP contribution is 2.35. The summed E-state index contributed by atoms with van der Waals surface area (Å²) in [6.45, 7) is 3.11. The third-order valence-electron chi connectivity index (χ3n) is 3.88. The Labute approximate surface area is 121 Å². The molecule has 0 spiro atoms. The number of thiazole rings is 1. The number of rotatable bonds is 2. The molecule has 1 atom stereocenters. The molecule has 1 N–H and O–H groups in total. The molecule has 0 aliphatic carbocycles. The second-order valence-electron chi connectivity index (χ2n) is 5.22. The number of nitrogens with zero attached hydrogens (tertiary/aromatic N) is 3. The Balaban J connectivity index is 1.72. The molecule has 1 aliphatic heterocycles. The van der Waals surface area contributed by atoms with Crippen LogP contribution in [0.4, 0.5) is 5.95 Å². The van der Waals surface area contributed by atoms with E-state index in [0.29, 0.717) is 6.04 Å². The Morgan fingerprint density at radius 2 is 2.20 bits per heavy atom. The Bertz CT molecular complexity index is 712. The van der Waals surface area contributed by atoms with Crippen molar-refractivity contribution in [2.75, 3.05) is 11.4 Å². The second kappa shape index (κ2) is 4.59. The predicted molar refractivity (Wildman–Crippen MR) is 82.3 cm³/mol. The fourth-order valence-corrected chi connectivity index (χ4v) is 3.60. The first kappa shape index (κ1) is 11.9. The molecule has 0 unspecified atom stereocenters. The molecule has 0 bridgehead atoms. The van der Waals surface area contributed by atoms with Crippen LogP contribution in [0.3, 0.4) is 0 Å². The minimum absolute atomic E-state index is 0.362. The van der Waals surface area contributed by atoms with Crippen molar-refractivity contribution >= 4 is 28.3 Å². The van der Waals surface area contributed by atoms with Crippen LogP contribution >= 0.6 is 11.3 Å². The number of para-hydroxylation sites is 2. The minimum Gasteiger partial charge on any atom is -0.334 e. The Hall–Kier alpha value is -1.88. The van der Waals surface area contributed by atoms with E-state index in [2.05, 4.69) is 33.2 Å². The Morgan fingerprint density at radius 3 is 3.00 bits per heavy atom. The van der Waals surface area contributed by atoms with Gasteiger partial charge in [-0.3, -0.25) is 0 Å². The topological polar surface area (TPSA) is 44.8 Å². The number of aryl methyl sites for hydroxylation is 1. The van der Waals surface area contributed by atoms with E-state index in [1.165, 1.54) is 12.1 Å². The molecule has 5 heteroatoms. The van der Waals surface area contributed by atoms with Gasteiger partial charge in [-0.25, -0.2) is 9.97 Å². The van der Waals surface area contributed by atoms with Crippen molar-refractivity contribution in [3.63, 3.8) is 0 Å². The average Bonchev–Trinajstić information content (AvgIpc) is 3.15. The van der Waals surface area contributed by atoms with Gasteiger partial charge in [-0.15, -0.1) is 11.3 Å². The van der Waals surface area contributed by atoms with Crippen LogP contribution in [0.2, 0.25) is 0 Å². The van der Waals surface area contributed by atoms with Crippen LogP contribution < -0.4 is 4.90 Å². The number of hydrogen-bond acceptors (Lipinski definition) is 4. The van der Waals surface area contributed by atoms with Crippen molar-refractivity contribution in [1.29, 1.82) is 0 Å². The van der Waals surface area contributed by atoms with Crippen LogP contribution in [-0.4, -0.2) is 21.5 Å². The maximum Gasteiger partial charge on any atom is 0.204 e. The van der Waals surface area contributed by atoms with Gasteiger partial charge >= 0.3 is 0 Å².